The first-order valence-corrected chi connectivity index (χ1v) is 12.8. The Bertz CT molecular complexity index is 2110. The molecular weight excluding hydrogens is 464 g/mol. The van der Waals surface area contributed by atoms with E-state index in [-0.39, 0.29) is 0 Å². The summed E-state index contributed by atoms with van der Waals surface area (Å²) in [5.41, 5.74) is 10.5. The lowest BCUT2D eigenvalue weighted by molar-refractivity contribution is 0.656. The fourth-order valence-electron chi connectivity index (χ4n) is 5.64. The van der Waals surface area contributed by atoms with Gasteiger partial charge in [-0.05, 0) is 63.7 Å². The van der Waals surface area contributed by atoms with E-state index in [9.17, 15) is 0 Å². The van der Waals surface area contributed by atoms with Crippen LogP contribution in [0, 0.1) is 0 Å². The maximum absolute atomic E-state index is 6.39. The lowest BCUT2D eigenvalue weighted by Gasteiger charge is -2.06. The van der Waals surface area contributed by atoms with E-state index in [2.05, 4.69) is 109 Å². The van der Waals surface area contributed by atoms with Crippen molar-refractivity contribution in [3.8, 4) is 33.4 Å². The molecule has 2 heterocycles. The number of furan rings is 2. The number of benzene rings is 6. The van der Waals surface area contributed by atoms with E-state index in [4.69, 9.17) is 8.83 Å². The third-order valence-corrected chi connectivity index (χ3v) is 7.48. The molecule has 2 aromatic heterocycles. The molecule has 2 nitrogen and oxygen atoms in total. The first-order chi connectivity index (χ1) is 18.8. The van der Waals surface area contributed by atoms with E-state index < -0.39 is 0 Å². The minimum Gasteiger partial charge on any atom is -0.456 e. The van der Waals surface area contributed by atoms with Crippen LogP contribution < -0.4 is 0 Å². The molecule has 0 unspecified atom stereocenters. The average Bonchev–Trinajstić information content (AvgIpc) is 3.53. The van der Waals surface area contributed by atoms with Crippen molar-refractivity contribution in [2.45, 2.75) is 0 Å². The number of hydrogen-bond acceptors (Lipinski definition) is 2. The van der Waals surface area contributed by atoms with E-state index in [1.807, 2.05) is 24.3 Å². The van der Waals surface area contributed by atoms with Crippen molar-refractivity contribution in [3.63, 3.8) is 0 Å². The molecule has 0 saturated heterocycles. The summed E-state index contributed by atoms with van der Waals surface area (Å²) in [6.45, 7) is 0. The Balaban J connectivity index is 1.29. The highest BCUT2D eigenvalue weighted by molar-refractivity contribution is 6.18. The third-order valence-electron chi connectivity index (χ3n) is 7.48. The quantitative estimate of drug-likeness (QED) is 0.248. The van der Waals surface area contributed by atoms with Gasteiger partial charge in [0.1, 0.15) is 22.3 Å². The molecule has 0 aliphatic heterocycles. The summed E-state index contributed by atoms with van der Waals surface area (Å²) in [5.74, 6) is 0. The zero-order valence-electron chi connectivity index (χ0n) is 20.5. The Morgan fingerprint density at radius 3 is 1.74 bits per heavy atom. The van der Waals surface area contributed by atoms with Gasteiger partial charge >= 0.3 is 0 Å². The molecule has 0 spiro atoms. The van der Waals surface area contributed by atoms with Gasteiger partial charge in [-0.2, -0.15) is 0 Å². The second-order valence-corrected chi connectivity index (χ2v) is 9.75. The van der Waals surface area contributed by atoms with Crippen molar-refractivity contribution in [2.24, 2.45) is 0 Å². The molecule has 0 amide bonds. The van der Waals surface area contributed by atoms with Crippen molar-refractivity contribution < 1.29 is 8.83 Å². The molecular formula is C36H22O2. The van der Waals surface area contributed by atoms with Gasteiger partial charge in [0.15, 0.2) is 0 Å². The van der Waals surface area contributed by atoms with E-state index in [0.29, 0.717) is 0 Å². The minimum atomic E-state index is 0.836. The van der Waals surface area contributed by atoms with Crippen LogP contribution in [0.5, 0.6) is 0 Å². The van der Waals surface area contributed by atoms with Crippen LogP contribution >= 0.6 is 0 Å². The van der Waals surface area contributed by atoms with Gasteiger partial charge in [0.2, 0.25) is 0 Å². The first-order valence-electron chi connectivity index (χ1n) is 12.8. The molecule has 0 radical (unpaired) electrons. The van der Waals surface area contributed by atoms with Crippen LogP contribution in [-0.4, -0.2) is 0 Å². The third kappa shape index (κ3) is 3.28. The summed E-state index contributed by atoms with van der Waals surface area (Å²) in [4.78, 5) is 0. The van der Waals surface area contributed by atoms with Crippen LogP contribution in [0.1, 0.15) is 0 Å². The fourth-order valence-corrected chi connectivity index (χ4v) is 5.64. The molecule has 8 rings (SSSR count). The second-order valence-electron chi connectivity index (χ2n) is 9.75. The van der Waals surface area contributed by atoms with Gasteiger partial charge < -0.3 is 8.83 Å². The second kappa shape index (κ2) is 8.22. The van der Waals surface area contributed by atoms with Gasteiger partial charge in [-0.15, -0.1) is 0 Å². The van der Waals surface area contributed by atoms with Crippen LogP contribution in [0.4, 0.5) is 0 Å². The number of fused-ring (bicyclic) bond motifs is 6. The molecule has 0 fully saturated rings. The molecule has 0 bridgehead atoms. The van der Waals surface area contributed by atoms with Crippen LogP contribution in [0.25, 0.3) is 77.3 Å². The first kappa shape index (κ1) is 21.0. The largest absolute Gasteiger partial charge is 0.456 e. The van der Waals surface area contributed by atoms with E-state index >= 15 is 0 Å². The molecule has 0 atom stereocenters. The zero-order chi connectivity index (χ0) is 25.1. The van der Waals surface area contributed by atoms with E-state index in [0.717, 1.165) is 49.4 Å². The van der Waals surface area contributed by atoms with Gasteiger partial charge in [0.05, 0.1) is 0 Å². The van der Waals surface area contributed by atoms with Crippen LogP contribution in [0.2, 0.25) is 0 Å². The predicted molar refractivity (Wildman–Crippen MR) is 157 cm³/mol. The van der Waals surface area contributed by atoms with E-state index in [1.54, 1.807) is 0 Å². The van der Waals surface area contributed by atoms with Gasteiger partial charge in [0, 0.05) is 27.6 Å². The Hall–Kier alpha value is -5.08. The Morgan fingerprint density at radius 1 is 0.316 bits per heavy atom. The van der Waals surface area contributed by atoms with Gasteiger partial charge in [-0.1, -0.05) is 97.1 Å². The number of hydrogen-bond donors (Lipinski definition) is 0. The van der Waals surface area contributed by atoms with Crippen molar-refractivity contribution >= 4 is 43.9 Å². The molecule has 0 aliphatic rings. The standard InChI is InChI=1S/C36H22O2/c1-3-9-23(10-4-1)25-13-7-14-26(19-25)27-17-18-29-30-21-31-35(22-34(30)38-33(29)20-27)37-32-16-8-15-28(36(31)32)24-11-5-2-6-12-24/h1-22H. The highest BCUT2D eigenvalue weighted by Crippen LogP contribution is 2.41. The van der Waals surface area contributed by atoms with Gasteiger partial charge in [-0.25, -0.2) is 0 Å². The SMILES string of the molecule is c1ccc(-c2cccc(-c3ccc4c(c3)oc3cc5oc6cccc(-c7ccccc7)c6c5cc34)c2)cc1. The van der Waals surface area contributed by atoms with Crippen molar-refractivity contribution in [1.82, 2.24) is 0 Å². The molecule has 0 saturated carbocycles. The van der Waals surface area contributed by atoms with Crippen LogP contribution in [-0.2, 0) is 0 Å². The number of rotatable bonds is 3. The Labute approximate surface area is 219 Å². The van der Waals surface area contributed by atoms with Crippen molar-refractivity contribution in [3.05, 3.63) is 133 Å². The summed E-state index contributed by atoms with van der Waals surface area (Å²) >= 11 is 0. The van der Waals surface area contributed by atoms with Gasteiger partial charge in [0.25, 0.3) is 0 Å². The lowest BCUT2D eigenvalue weighted by atomic mass is 9.97. The maximum atomic E-state index is 6.39. The summed E-state index contributed by atoms with van der Waals surface area (Å²) in [7, 11) is 0. The average molecular weight is 487 g/mol. The topological polar surface area (TPSA) is 26.3 Å². The molecule has 2 heteroatoms. The summed E-state index contributed by atoms with van der Waals surface area (Å²) in [6, 6.07) is 46.7. The molecule has 178 valence electrons. The lowest BCUT2D eigenvalue weighted by Crippen LogP contribution is -1.81. The smallest absolute Gasteiger partial charge is 0.139 e. The van der Waals surface area contributed by atoms with Gasteiger partial charge in [-0.3, -0.25) is 0 Å². The normalized spacial score (nSPS) is 11.7. The van der Waals surface area contributed by atoms with Crippen LogP contribution in [0.3, 0.4) is 0 Å². The summed E-state index contributed by atoms with van der Waals surface area (Å²) in [6.07, 6.45) is 0. The molecule has 6 aromatic carbocycles. The highest BCUT2D eigenvalue weighted by atomic mass is 16.3. The van der Waals surface area contributed by atoms with Crippen LogP contribution in [0.15, 0.2) is 142 Å². The molecule has 38 heavy (non-hydrogen) atoms. The van der Waals surface area contributed by atoms with E-state index in [1.165, 1.54) is 27.8 Å². The monoisotopic (exact) mass is 486 g/mol. The molecule has 0 N–H and O–H groups in total. The summed E-state index contributed by atoms with van der Waals surface area (Å²) in [5, 5.41) is 4.45. The summed E-state index contributed by atoms with van der Waals surface area (Å²) < 4.78 is 12.7. The van der Waals surface area contributed by atoms with Crippen molar-refractivity contribution in [2.75, 3.05) is 0 Å². The zero-order valence-corrected chi connectivity index (χ0v) is 20.5. The Morgan fingerprint density at radius 2 is 0.921 bits per heavy atom. The molecule has 8 aromatic rings. The predicted octanol–water partition coefficient (Wildman–Crippen LogP) is 10.5. The minimum absolute atomic E-state index is 0.836. The maximum Gasteiger partial charge on any atom is 0.139 e. The Kier molecular flexibility index (Phi) is 4.55. The molecule has 0 aliphatic carbocycles. The highest BCUT2D eigenvalue weighted by Gasteiger charge is 2.16. The fraction of sp³-hybridized carbons (Fsp3) is 0. The van der Waals surface area contributed by atoms with Crippen molar-refractivity contribution in [1.29, 1.82) is 0 Å².